The van der Waals surface area contributed by atoms with Crippen LogP contribution in [0.25, 0.3) is 65.4 Å². The molecule has 0 amide bonds. The summed E-state index contributed by atoms with van der Waals surface area (Å²) in [6.07, 6.45) is 0. The minimum atomic E-state index is 0.903. The lowest BCUT2D eigenvalue weighted by molar-refractivity contribution is 0.661. The number of hydrogen-bond acceptors (Lipinski definition) is 2. The lowest BCUT2D eigenvalue weighted by Crippen LogP contribution is -1.89. The van der Waals surface area contributed by atoms with Crippen LogP contribution in [0.3, 0.4) is 0 Å². The first-order valence-corrected chi connectivity index (χ1v) is 9.46. The third kappa shape index (κ3) is 1.64. The Labute approximate surface area is 159 Å². The molecule has 0 atom stereocenters. The molecule has 0 radical (unpaired) electrons. The Morgan fingerprint density at radius 2 is 0.714 bits per heavy atom. The number of para-hydroxylation sites is 2. The smallest absolute Gasteiger partial charge is 0.135 e. The van der Waals surface area contributed by atoms with Crippen LogP contribution in [-0.4, -0.2) is 0 Å². The van der Waals surface area contributed by atoms with Crippen LogP contribution in [0.15, 0.2) is 93.8 Å². The molecule has 2 heterocycles. The molecule has 0 saturated carbocycles. The van der Waals surface area contributed by atoms with Gasteiger partial charge < -0.3 is 8.83 Å². The molecule has 0 aliphatic heterocycles. The van der Waals surface area contributed by atoms with Crippen LogP contribution in [0, 0.1) is 0 Å². The first kappa shape index (κ1) is 14.3. The minimum absolute atomic E-state index is 0.903. The molecule has 0 N–H and O–H groups in total. The van der Waals surface area contributed by atoms with E-state index in [0.29, 0.717) is 0 Å². The highest BCUT2D eigenvalue weighted by Gasteiger charge is 2.19. The van der Waals surface area contributed by atoms with Crippen LogP contribution in [0.2, 0.25) is 0 Å². The van der Waals surface area contributed by atoms with E-state index < -0.39 is 0 Å². The first-order valence-electron chi connectivity index (χ1n) is 9.46. The molecule has 2 aromatic heterocycles. The molecule has 0 bridgehead atoms. The molecule has 7 aromatic rings. The van der Waals surface area contributed by atoms with Crippen LogP contribution in [0.1, 0.15) is 0 Å². The molecule has 28 heavy (non-hydrogen) atoms. The molecular weight excluding hydrogens is 344 g/mol. The van der Waals surface area contributed by atoms with E-state index in [9.17, 15) is 0 Å². The van der Waals surface area contributed by atoms with Crippen molar-refractivity contribution in [3.05, 3.63) is 84.9 Å². The number of hydrogen-bond donors (Lipinski definition) is 0. The summed E-state index contributed by atoms with van der Waals surface area (Å²) in [4.78, 5) is 0. The van der Waals surface area contributed by atoms with Crippen molar-refractivity contribution in [3.8, 4) is 0 Å². The van der Waals surface area contributed by atoms with Gasteiger partial charge in [0.15, 0.2) is 0 Å². The largest absolute Gasteiger partial charge is 0.456 e. The second-order valence-corrected chi connectivity index (χ2v) is 7.30. The standard InChI is InChI=1S/C26H14O2/c1-3-11-19-15(7-1)23-17-9-5-14-22-26(17)24(16-8-2-4-12-20(16)28-22)18-10-6-13-21(27-19)25(18)23/h1-14H. The topological polar surface area (TPSA) is 26.3 Å². The fraction of sp³-hybridized carbons (Fsp3) is 0. The van der Waals surface area contributed by atoms with E-state index in [2.05, 4.69) is 60.7 Å². The molecule has 2 heteroatoms. The zero-order chi connectivity index (χ0) is 18.2. The van der Waals surface area contributed by atoms with E-state index in [1.165, 1.54) is 32.3 Å². The normalized spacial score (nSPS) is 12.3. The molecule has 0 spiro atoms. The van der Waals surface area contributed by atoms with E-state index >= 15 is 0 Å². The molecule has 5 aromatic carbocycles. The van der Waals surface area contributed by atoms with Crippen molar-refractivity contribution in [2.75, 3.05) is 0 Å². The Morgan fingerprint density at radius 3 is 1.21 bits per heavy atom. The van der Waals surface area contributed by atoms with Crippen molar-refractivity contribution in [3.63, 3.8) is 0 Å². The van der Waals surface area contributed by atoms with Gasteiger partial charge in [0, 0.05) is 32.3 Å². The quantitative estimate of drug-likeness (QED) is 0.204. The van der Waals surface area contributed by atoms with E-state index in [1.54, 1.807) is 0 Å². The summed E-state index contributed by atoms with van der Waals surface area (Å²) in [7, 11) is 0. The van der Waals surface area contributed by atoms with Gasteiger partial charge in [-0.15, -0.1) is 0 Å². The second-order valence-electron chi connectivity index (χ2n) is 7.30. The molecule has 0 unspecified atom stereocenters. The van der Waals surface area contributed by atoms with Crippen LogP contribution >= 0.6 is 0 Å². The Balaban J connectivity index is 1.98. The molecule has 0 saturated heterocycles. The summed E-state index contributed by atoms with van der Waals surface area (Å²) >= 11 is 0. The molecule has 0 aliphatic rings. The fourth-order valence-corrected chi connectivity index (χ4v) is 4.75. The van der Waals surface area contributed by atoms with Crippen molar-refractivity contribution in [1.82, 2.24) is 0 Å². The molecule has 7 rings (SSSR count). The SMILES string of the molecule is c1ccc2c(c1)oc1cccc3c1c2c1cccc2oc4ccccc4c3c21. The Kier molecular flexibility index (Phi) is 2.52. The molecule has 130 valence electrons. The highest BCUT2D eigenvalue weighted by Crippen LogP contribution is 2.45. The van der Waals surface area contributed by atoms with E-state index in [1.807, 2.05) is 24.3 Å². The zero-order valence-electron chi connectivity index (χ0n) is 14.9. The fourth-order valence-electron chi connectivity index (χ4n) is 4.75. The summed E-state index contributed by atoms with van der Waals surface area (Å²) in [5.74, 6) is 0. The van der Waals surface area contributed by atoms with E-state index in [-0.39, 0.29) is 0 Å². The monoisotopic (exact) mass is 358 g/mol. The Hall–Kier alpha value is -3.78. The third-order valence-electron chi connectivity index (χ3n) is 5.84. The average molecular weight is 358 g/mol. The highest BCUT2D eigenvalue weighted by molar-refractivity contribution is 6.39. The van der Waals surface area contributed by atoms with Gasteiger partial charge in [-0.05, 0) is 35.0 Å². The van der Waals surface area contributed by atoms with Gasteiger partial charge in [-0.2, -0.15) is 0 Å². The summed E-state index contributed by atoms with van der Waals surface area (Å²) in [6, 6.07) is 29.3. The van der Waals surface area contributed by atoms with Crippen LogP contribution < -0.4 is 0 Å². The van der Waals surface area contributed by atoms with Crippen molar-refractivity contribution in [2.24, 2.45) is 0 Å². The lowest BCUT2D eigenvalue weighted by Gasteiger charge is -2.16. The van der Waals surface area contributed by atoms with E-state index in [0.717, 1.165) is 33.1 Å². The Morgan fingerprint density at radius 1 is 0.321 bits per heavy atom. The van der Waals surface area contributed by atoms with Crippen LogP contribution in [0.4, 0.5) is 0 Å². The van der Waals surface area contributed by atoms with Crippen molar-refractivity contribution in [1.29, 1.82) is 0 Å². The number of benzene rings is 5. The van der Waals surface area contributed by atoms with E-state index in [4.69, 9.17) is 8.83 Å². The lowest BCUT2D eigenvalue weighted by atomic mass is 9.90. The average Bonchev–Trinajstić information content (AvgIpc) is 2.75. The van der Waals surface area contributed by atoms with Gasteiger partial charge in [0.2, 0.25) is 0 Å². The first-order chi connectivity index (χ1) is 13.9. The van der Waals surface area contributed by atoms with Crippen molar-refractivity contribution < 1.29 is 8.83 Å². The molecule has 2 nitrogen and oxygen atoms in total. The minimum Gasteiger partial charge on any atom is -0.456 e. The predicted octanol–water partition coefficient (Wildman–Crippen LogP) is 7.79. The van der Waals surface area contributed by atoms with Crippen LogP contribution in [-0.2, 0) is 0 Å². The van der Waals surface area contributed by atoms with Gasteiger partial charge >= 0.3 is 0 Å². The van der Waals surface area contributed by atoms with Gasteiger partial charge in [-0.1, -0.05) is 60.7 Å². The number of rotatable bonds is 0. The van der Waals surface area contributed by atoms with Gasteiger partial charge in [-0.3, -0.25) is 0 Å². The highest BCUT2D eigenvalue weighted by atomic mass is 16.3. The maximum Gasteiger partial charge on any atom is 0.135 e. The third-order valence-corrected chi connectivity index (χ3v) is 5.84. The maximum absolute atomic E-state index is 6.30. The number of fused-ring (bicyclic) bond motifs is 6. The van der Waals surface area contributed by atoms with Crippen molar-refractivity contribution in [2.45, 2.75) is 0 Å². The molecule has 0 aliphatic carbocycles. The van der Waals surface area contributed by atoms with Gasteiger partial charge in [-0.25, -0.2) is 0 Å². The Bertz CT molecular complexity index is 1580. The second kappa shape index (κ2) is 4.93. The predicted molar refractivity (Wildman–Crippen MR) is 116 cm³/mol. The van der Waals surface area contributed by atoms with Gasteiger partial charge in [0.25, 0.3) is 0 Å². The summed E-state index contributed by atoms with van der Waals surface area (Å²) in [5.41, 5.74) is 3.64. The zero-order valence-corrected chi connectivity index (χ0v) is 14.9. The van der Waals surface area contributed by atoms with Gasteiger partial charge in [0.05, 0.1) is 0 Å². The summed E-state index contributed by atoms with van der Waals surface area (Å²) < 4.78 is 12.6. The van der Waals surface area contributed by atoms with Crippen molar-refractivity contribution >= 4 is 65.4 Å². The molecule has 0 fully saturated rings. The molecular formula is C26H14O2. The maximum atomic E-state index is 6.30. The van der Waals surface area contributed by atoms with Gasteiger partial charge in [0.1, 0.15) is 22.3 Å². The summed E-state index contributed by atoms with van der Waals surface area (Å²) in [5, 5.41) is 9.50. The summed E-state index contributed by atoms with van der Waals surface area (Å²) in [6.45, 7) is 0. The van der Waals surface area contributed by atoms with Crippen LogP contribution in [0.5, 0.6) is 0 Å².